The van der Waals surface area contributed by atoms with Gasteiger partial charge in [-0.2, -0.15) is 0 Å². The summed E-state index contributed by atoms with van der Waals surface area (Å²) in [7, 11) is 0. The molecule has 0 rings (SSSR count). The fraction of sp³-hybridized carbons (Fsp3) is 1.00. The van der Waals surface area contributed by atoms with Crippen LogP contribution in [-0.2, 0) is 4.74 Å². The fourth-order valence-corrected chi connectivity index (χ4v) is 1.79. The lowest BCUT2D eigenvalue weighted by Crippen LogP contribution is -2.12. The highest BCUT2D eigenvalue weighted by molar-refractivity contribution is 4.46. The van der Waals surface area contributed by atoms with Gasteiger partial charge in [0.25, 0.3) is 0 Å². The summed E-state index contributed by atoms with van der Waals surface area (Å²) in [5, 5.41) is 9.33. The standard InChI is InChI=1S/C14H30O2/c1-3-5-6-7-8-9-10-11-13-16-14(15)12-4-2/h14-15H,3-13H2,1-2H3. The zero-order chi connectivity index (χ0) is 12.1. The maximum atomic E-state index is 9.33. The molecule has 1 atom stereocenters. The van der Waals surface area contributed by atoms with Crippen molar-refractivity contribution in [2.24, 2.45) is 0 Å². The molecular weight excluding hydrogens is 200 g/mol. The Hall–Kier alpha value is -0.0800. The Morgan fingerprint density at radius 1 is 0.812 bits per heavy atom. The molecule has 0 spiro atoms. The Labute approximate surface area is 101 Å². The van der Waals surface area contributed by atoms with E-state index in [0.29, 0.717) is 0 Å². The molecule has 0 aromatic heterocycles. The number of ether oxygens (including phenoxy) is 1. The van der Waals surface area contributed by atoms with Gasteiger partial charge in [0.15, 0.2) is 6.29 Å². The first-order valence-corrected chi connectivity index (χ1v) is 7.11. The zero-order valence-corrected chi connectivity index (χ0v) is 11.2. The van der Waals surface area contributed by atoms with E-state index >= 15 is 0 Å². The molecular formula is C14H30O2. The second-order valence-electron chi connectivity index (χ2n) is 4.59. The van der Waals surface area contributed by atoms with Crippen molar-refractivity contribution >= 4 is 0 Å². The van der Waals surface area contributed by atoms with E-state index in [1.807, 2.05) is 0 Å². The van der Waals surface area contributed by atoms with Crippen molar-refractivity contribution in [1.29, 1.82) is 0 Å². The minimum atomic E-state index is -0.533. The van der Waals surface area contributed by atoms with Crippen LogP contribution in [0.3, 0.4) is 0 Å². The van der Waals surface area contributed by atoms with E-state index in [9.17, 15) is 5.11 Å². The topological polar surface area (TPSA) is 29.5 Å². The van der Waals surface area contributed by atoms with Gasteiger partial charge < -0.3 is 9.84 Å². The second kappa shape index (κ2) is 13.0. The Kier molecular flexibility index (Phi) is 12.9. The average Bonchev–Trinajstić information content (AvgIpc) is 2.27. The minimum absolute atomic E-state index is 0.533. The number of aliphatic hydroxyl groups is 1. The van der Waals surface area contributed by atoms with E-state index in [0.717, 1.165) is 25.9 Å². The third-order valence-corrected chi connectivity index (χ3v) is 2.84. The molecule has 0 aromatic rings. The van der Waals surface area contributed by atoms with Crippen molar-refractivity contribution in [3.05, 3.63) is 0 Å². The molecule has 0 heterocycles. The Morgan fingerprint density at radius 2 is 1.38 bits per heavy atom. The van der Waals surface area contributed by atoms with Crippen molar-refractivity contribution in [2.75, 3.05) is 6.61 Å². The molecule has 16 heavy (non-hydrogen) atoms. The fourth-order valence-electron chi connectivity index (χ4n) is 1.79. The number of hydrogen-bond acceptors (Lipinski definition) is 2. The molecule has 0 fully saturated rings. The molecule has 0 aliphatic carbocycles. The van der Waals surface area contributed by atoms with Crippen LogP contribution in [0, 0.1) is 0 Å². The summed E-state index contributed by atoms with van der Waals surface area (Å²) in [5.41, 5.74) is 0. The van der Waals surface area contributed by atoms with Crippen molar-refractivity contribution in [1.82, 2.24) is 0 Å². The number of hydrogen-bond donors (Lipinski definition) is 1. The maximum absolute atomic E-state index is 9.33. The van der Waals surface area contributed by atoms with Gasteiger partial charge in [0, 0.05) is 6.61 Å². The molecule has 0 aliphatic rings. The van der Waals surface area contributed by atoms with Crippen molar-refractivity contribution < 1.29 is 9.84 Å². The van der Waals surface area contributed by atoms with Gasteiger partial charge in [0.1, 0.15) is 0 Å². The number of rotatable bonds is 12. The summed E-state index contributed by atoms with van der Waals surface area (Å²) in [5.74, 6) is 0. The largest absolute Gasteiger partial charge is 0.368 e. The van der Waals surface area contributed by atoms with Crippen LogP contribution < -0.4 is 0 Å². The lowest BCUT2D eigenvalue weighted by Gasteiger charge is -2.10. The third-order valence-electron chi connectivity index (χ3n) is 2.84. The number of aliphatic hydroxyl groups excluding tert-OH is 1. The highest BCUT2D eigenvalue weighted by Crippen LogP contribution is 2.08. The van der Waals surface area contributed by atoms with E-state index < -0.39 is 6.29 Å². The van der Waals surface area contributed by atoms with Gasteiger partial charge in [-0.25, -0.2) is 0 Å². The maximum Gasteiger partial charge on any atom is 0.154 e. The molecule has 1 unspecified atom stereocenters. The van der Waals surface area contributed by atoms with Crippen LogP contribution in [0.15, 0.2) is 0 Å². The summed E-state index contributed by atoms with van der Waals surface area (Å²) < 4.78 is 5.28. The molecule has 2 nitrogen and oxygen atoms in total. The van der Waals surface area contributed by atoms with Crippen molar-refractivity contribution in [3.63, 3.8) is 0 Å². The summed E-state index contributed by atoms with van der Waals surface area (Å²) in [6.07, 6.45) is 11.7. The van der Waals surface area contributed by atoms with Gasteiger partial charge in [-0.3, -0.25) is 0 Å². The first-order valence-electron chi connectivity index (χ1n) is 7.11. The molecule has 98 valence electrons. The Morgan fingerprint density at radius 3 is 1.94 bits per heavy atom. The SMILES string of the molecule is CCCCCCCCCCOC(O)CCC. The molecule has 1 N–H and O–H groups in total. The first-order chi connectivity index (χ1) is 7.81. The zero-order valence-electron chi connectivity index (χ0n) is 11.2. The van der Waals surface area contributed by atoms with Crippen molar-refractivity contribution in [2.45, 2.75) is 84.3 Å². The molecule has 0 radical (unpaired) electrons. The monoisotopic (exact) mass is 230 g/mol. The molecule has 0 saturated heterocycles. The van der Waals surface area contributed by atoms with Gasteiger partial charge in [0.05, 0.1) is 0 Å². The molecule has 2 heteroatoms. The van der Waals surface area contributed by atoms with E-state index in [4.69, 9.17) is 4.74 Å². The lowest BCUT2D eigenvalue weighted by molar-refractivity contribution is -0.104. The van der Waals surface area contributed by atoms with Crippen LogP contribution >= 0.6 is 0 Å². The molecule has 0 saturated carbocycles. The highest BCUT2D eigenvalue weighted by atomic mass is 16.6. The van der Waals surface area contributed by atoms with Crippen LogP contribution in [0.5, 0.6) is 0 Å². The minimum Gasteiger partial charge on any atom is -0.368 e. The Balaban J connectivity index is 2.98. The first kappa shape index (κ1) is 15.9. The predicted octanol–water partition coefficient (Wildman–Crippen LogP) is 4.26. The predicted molar refractivity (Wildman–Crippen MR) is 69.5 cm³/mol. The number of unbranched alkanes of at least 4 members (excludes halogenated alkanes) is 7. The van der Waals surface area contributed by atoms with Crippen LogP contribution in [0.2, 0.25) is 0 Å². The third kappa shape index (κ3) is 12.0. The van der Waals surface area contributed by atoms with Gasteiger partial charge in [-0.1, -0.05) is 65.2 Å². The normalized spacial score (nSPS) is 12.9. The van der Waals surface area contributed by atoms with Crippen LogP contribution in [-0.4, -0.2) is 18.0 Å². The molecule has 0 bridgehead atoms. The van der Waals surface area contributed by atoms with E-state index in [-0.39, 0.29) is 0 Å². The summed E-state index contributed by atoms with van der Waals surface area (Å²) in [4.78, 5) is 0. The van der Waals surface area contributed by atoms with E-state index in [1.54, 1.807) is 0 Å². The van der Waals surface area contributed by atoms with Gasteiger partial charge >= 0.3 is 0 Å². The quantitative estimate of drug-likeness (QED) is 0.401. The lowest BCUT2D eigenvalue weighted by atomic mass is 10.1. The highest BCUT2D eigenvalue weighted by Gasteiger charge is 2.00. The van der Waals surface area contributed by atoms with Gasteiger partial charge in [0.2, 0.25) is 0 Å². The van der Waals surface area contributed by atoms with Crippen LogP contribution in [0.4, 0.5) is 0 Å². The van der Waals surface area contributed by atoms with Crippen LogP contribution in [0.1, 0.15) is 78.1 Å². The van der Waals surface area contributed by atoms with Crippen LogP contribution in [0.25, 0.3) is 0 Å². The summed E-state index contributed by atoms with van der Waals surface area (Å²) in [6.45, 7) is 5.03. The van der Waals surface area contributed by atoms with Crippen molar-refractivity contribution in [3.8, 4) is 0 Å². The molecule has 0 amide bonds. The van der Waals surface area contributed by atoms with Gasteiger partial charge in [-0.05, 0) is 12.8 Å². The molecule has 0 aliphatic heterocycles. The summed E-state index contributed by atoms with van der Waals surface area (Å²) in [6, 6.07) is 0. The van der Waals surface area contributed by atoms with E-state index in [1.165, 1.54) is 44.9 Å². The smallest absolute Gasteiger partial charge is 0.154 e. The second-order valence-corrected chi connectivity index (χ2v) is 4.59. The molecule has 0 aromatic carbocycles. The van der Waals surface area contributed by atoms with Gasteiger partial charge in [-0.15, -0.1) is 0 Å². The summed E-state index contributed by atoms with van der Waals surface area (Å²) >= 11 is 0. The average molecular weight is 230 g/mol. The Bertz CT molecular complexity index is 126. The van der Waals surface area contributed by atoms with E-state index in [2.05, 4.69) is 13.8 Å².